The van der Waals surface area contributed by atoms with Gasteiger partial charge in [0.05, 0.1) is 22.1 Å². The fourth-order valence-electron chi connectivity index (χ4n) is 3.76. The van der Waals surface area contributed by atoms with Crippen LogP contribution in [0.25, 0.3) is 16.9 Å². The summed E-state index contributed by atoms with van der Waals surface area (Å²) in [5.74, 6) is -0.120. The van der Waals surface area contributed by atoms with E-state index in [1.807, 2.05) is 61.5 Å². The summed E-state index contributed by atoms with van der Waals surface area (Å²) in [5.41, 5.74) is 4.99. The van der Waals surface area contributed by atoms with Gasteiger partial charge in [-0.1, -0.05) is 93.3 Å². The van der Waals surface area contributed by atoms with Crippen LogP contribution in [-0.2, 0) is 11.2 Å². The number of hydrogen-bond acceptors (Lipinski definition) is 2. The fourth-order valence-corrected chi connectivity index (χ4v) is 5.40. The van der Waals surface area contributed by atoms with Crippen molar-refractivity contribution >= 4 is 74.9 Å². The monoisotopic (exact) mass is 657 g/mol. The molecule has 1 N–H and O–H groups in total. The summed E-state index contributed by atoms with van der Waals surface area (Å²) < 4.78 is 1.25. The van der Waals surface area contributed by atoms with Gasteiger partial charge < -0.3 is 5.32 Å². The minimum Gasteiger partial charge on any atom is -0.355 e. The number of aromatic nitrogens is 2. The standard InChI is InChI=1S/C26H20Cl4IN3O/c1-15-24(23(31)26(35)32-12-11-16-3-2-4-19(28)13-16)33-34(22-10-9-20(29)14-21(22)30)25(15)17-5-7-18(27)8-6-17/h2-10,13-14,23H,11-12H2,1H3,(H,32,35). The van der Waals surface area contributed by atoms with Gasteiger partial charge in [0.1, 0.15) is 3.92 Å². The largest absolute Gasteiger partial charge is 0.355 e. The van der Waals surface area contributed by atoms with Crippen LogP contribution in [0.3, 0.4) is 0 Å². The Morgan fingerprint density at radius 2 is 1.66 bits per heavy atom. The minimum atomic E-state index is -0.509. The lowest BCUT2D eigenvalue weighted by atomic mass is 10.0. The molecular formula is C26H20Cl4IN3O. The van der Waals surface area contributed by atoms with Crippen molar-refractivity contribution in [1.29, 1.82) is 0 Å². The molecule has 0 aliphatic rings. The third-order valence-corrected chi connectivity index (χ3v) is 7.67. The van der Waals surface area contributed by atoms with E-state index in [0.29, 0.717) is 44.4 Å². The van der Waals surface area contributed by atoms with Crippen molar-refractivity contribution in [2.45, 2.75) is 17.3 Å². The maximum atomic E-state index is 13.0. The summed E-state index contributed by atoms with van der Waals surface area (Å²) in [6.45, 7) is 2.45. The second-order valence-electron chi connectivity index (χ2n) is 7.91. The summed E-state index contributed by atoms with van der Waals surface area (Å²) in [6, 6.07) is 20.3. The summed E-state index contributed by atoms with van der Waals surface area (Å²) in [7, 11) is 0. The number of benzene rings is 3. The Balaban J connectivity index is 1.65. The first kappa shape index (κ1) is 26.3. The van der Waals surface area contributed by atoms with E-state index in [4.69, 9.17) is 51.5 Å². The second kappa shape index (κ2) is 11.5. The lowest BCUT2D eigenvalue weighted by molar-refractivity contribution is -0.120. The first-order valence-corrected chi connectivity index (χ1v) is 13.5. The molecule has 0 radical (unpaired) electrons. The van der Waals surface area contributed by atoms with Gasteiger partial charge in [-0.3, -0.25) is 4.79 Å². The Kier molecular flexibility index (Phi) is 8.66. The van der Waals surface area contributed by atoms with Gasteiger partial charge in [0.15, 0.2) is 0 Å². The van der Waals surface area contributed by atoms with E-state index in [1.54, 1.807) is 16.8 Å². The van der Waals surface area contributed by atoms with Crippen molar-refractivity contribution in [2.75, 3.05) is 6.54 Å². The molecule has 1 amide bonds. The first-order chi connectivity index (χ1) is 16.7. The van der Waals surface area contributed by atoms with Crippen LogP contribution >= 0.6 is 69.0 Å². The number of nitrogens with zero attached hydrogens (tertiary/aromatic N) is 2. The van der Waals surface area contributed by atoms with Crippen LogP contribution < -0.4 is 5.32 Å². The first-order valence-electron chi connectivity index (χ1n) is 10.7. The molecule has 0 aliphatic carbocycles. The molecule has 0 spiro atoms. The second-order valence-corrected chi connectivity index (χ2v) is 10.9. The molecule has 1 aromatic heterocycles. The number of carbonyl (C=O) groups excluding carboxylic acids is 1. The highest BCUT2D eigenvalue weighted by Crippen LogP contribution is 2.37. The van der Waals surface area contributed by atoms with Gasteiger partial charge in [0.25, 0.3) is 0 Å². The zero-order valence-corrected chi connectivity index (χ0v) is 23.7. The molecule has 1 heterocycles. The summed E-state index contributed by atoms with van der Waals surface area (Å²) in [6.07, 6.45) is 0.680. The maximum Gasteiger partial charge on any atom is 0.239 e. The number of nitrogens with one attached hydrogen (secondary N) is 1. The summed E-state index contributed by atoms with van der Waals surface area (Å²) in [5, 5.41) is 10.1. The maximum absolute atomic E-state index is 13.0. The molecule has 4 nitrogen and oxygen atoms in total. The van der Waals surface area contributed by atoms with Crippen molar-refractivity contribution in [3.8, 4) is 16.9 Å². The fraction of sp³-hybridized carbons (Fsp3) is 0.154. The quantitative estimate of drug-likeness (QED) is 0.160. The Hall–Kier alpha value is -1.77. The van der Waals surface area contributed by atoms with E-state index in [-0.39, 0.29) is 5.91 Å². The normalized spacial score (nSPS) is 11.9. The third-order valence-electron chi connectivity index (χ3n) is 5.49. The van der Waals surface area contributed by atoms with Crippen molar-refractivity contribution in [2.24, 2.45) is 0 Å². The number of hydrogen-bond donors (Lipinski definition) is 1. The molecular weight excluding hydrogens is 639 g/mol. The predicted octanol–water partition coefficient (Wildman–Crippen LogP) is 8.30. The van der Waals surface area contributed by atoms with Crippen LogP contribution in [0.4, 0.5) is 0 Å². The van der Waals surface area contributed by atoms with Gasteiger partial charge >= 0.3 is 0 Å². The molecule has 4 aromatic rings. The van der Waals surface area contributed by atoms with Crippen LogP contribution in [0.5, 0.6) is 0 Å². The zero-order valence-electron chi connectivity index (χ0n) is 18.5. The minimum absolute atomic E-state index is 0.120. The molecule has 1 unspecified atom stereocenters. The SMILES string of the molecule is Cc1c(C(I)C(=O)NCCc2cccc(Cl)c2)nn(-c2ccc(Cl)cc2Cl)c1-c1ccc(Cl)cc1. The van der Waals surface area contributed by atoms with Gasteiger partial charge in [0, 0.05) is 32.7 Å². The lowest BCUT2D eigenvalue weighted by Crippen LogP contribution is -2.29. The number of carbonyl (C=O) groups is 1. The zero-order chi connectivity index (χ0) is 25.1. The highest BCUT2D eigenvalue weighted by Gasteiger charge is 2.27. The van der Waals surface area contributed by atoms with Crippen LogP contribution in [0, 0.1) is 6.92 Å². The molecule has 4 rings (SSSR count). The number of alkyl halides is 1. The molecule has 0 aliphatic heterocycles. The van der Waals surface area contributed by atoms with Crippen molar-refractivity contribution < 1.29 is 4.79 Å². The van der Waals surface area contributed by atoms with Crippen molar-refractivity contribution in [3.05, 3.63) is 104 Å². The van der Waals surface area contributed by atoms with Gasteiger partial charge in [-0.05, 0) is 61.4 Å². The molecule has 0 bridgehead atoms. The van der Waals surface area contributed by atoms with Crippen molar-refractivity contribution in [1.82, 2.24) is 15.1 Å². The lowest BCUT2D eigenvalue weighted by Gasteiger charge is -2.11. The van der Waals surface area contributed by atoms with Crippen LogP contribution in [0.1, 0.15) is 20.7 Å². The number of rotatable bonds is 7. The molecule has 0 fully saturated rings. The highest BCUT2D eigenvalue weighted by molar-refractivity contribution is 14.1. The van der Waals surface area contributed by atoms with E-state index in [9.17, 15) is 4.79 Å². The number of amides is 1. The predicted molar refractivity (Wildman–Crippen MR) is 154 cm³/mol. The summed E-state index contributed by atoms with van der Waals surface area (Å²) >= 11 is 26.9. The topological polar surface area (TPSA) is 46.9 Å². The molecule has 0 saturated carbocycles. The van der Waals surface area contributed by atoms with Crippen molar-refractivity contribution in [3.63, 3.8) is 0 Å². The molecule has 9 heteroatoms. The van der Waals surface area contributed by atoms with Gasteiger partial charge in [-0.15, -0.1) is 0 Å². The van der Waals surface area contributed by atoms with E-state index < -0.39 is 3.92 Å². The van der Waals surface area contributed by atoms with Gasteiger partial charge in [0.2, 0.25) is 5.91 Å². The molecule has 3 aromatic carbocycles. The number of halogens is 5. The van der Waals surface area contributed by atoms with Gasteiger partial charge in [-0.2, -0.15) is 5.10 Å². The van der Waals surface area contributed by atoms with E-state index in [1.165, 1.54) is 0 Å². The highest BCUT2D eigenvalue weighted by atomic mass is 127. The Morgan fingerprint density at radius 1 is 0.971 bits per heavy atom. The Morgan fingerprint density at radius 3 is 2.34 bits per heavy atom. The smallest absolute Gasteiger partial charge is 0.239 e. The molecule has 1 atom stereocenters. The van der Waals surface area contributed by atoms with Crippen LogP contribution in [-0.4, -0.2) is 22.2 Å². The average Bonchev–Trinajstić information content (AvgIpc) is 3.15. The van der Waals surface area contributed by atoms with E-state index >= 15 is 0 Å². The Labute approximate surface area is 237 Å². The molecule has 180 valence electrons. The van der Waals surface area contributed by atoms with E-state index in [2.05, 4.69) is 27.9 Å². The molecule has 35 heavy (non-hydrogen) atoms. The third kappa shape index (κ3) is 6.15. The average molecular weight is 659 g/mol. The van der Waals surface area contributed by atoms with Gasteiger partial charge in [-0.25, -0.2) is 4.68 Å². The van der Waals surface area contributed by atoms with Crippen LogP contribution in [0.15, 0.2) is 66.7 Å². The summed E-state index contributed by atoms with van der Waals surface area (Å²) in [4.78, 5) is 13.0. The molecule has 0 saturated heterocycles. The Bertz CT molecular complexity index is 1370. The van der Waals surface area contributed by atoms with E-state index in [0.717, 1.165) is 22.4 Å². The van der Waals surface area contributed by atoms with Crippen LogP contribution in [0.2, 0.25) is 20.1 Å².